The van der Waals surface area contributed by atoms with Gasteiger partial charge in [0.1, 0.15) is 0 Å². The fraction of sp³-hybridized carbons (Fsp3) is 0.556. The number of nitrogens with one attached hydrogen (secondary N) is 1. The number of amides is 2. The molecule has 0 radical (unpaired) electrons. The van der Waals surface area contributed by atoms with Crippen LogP contribution >= 0.6 is 0 Å². The summed E-state index contributed by atoms with van der Waals surface area (Å²) in [5.41, 5.74) is 0.526. The van der Waals surface area contributed by atoms with E-state index in [1.165, 1.54) is 16.4 Å². The average molecular weight is 379 g/mol. The molecule has 3 rings (SSSR count). The summed E-state index contributed by atoms with van der Waals surface area (Å²) in [7, 11) is -2.01. The number of hydrogen-bond acceptors (Lipinski definition) is 4. The Labute approximate surface area is 154 Å². The van der Waals surface area contributed by atoms with Crippen molar-refractivity contribution in [3.05, 3.63) is 24.3 Å². The molecule has 1 aliphatic heterocycles. The number of likely N-dealkylation sites (tertiary alicyclic amines) is 1. The van der Waals surface area contributed by atoms with E-state index in [-0.39, 0.29) is 35.1 Å². The molecule has 0 unspecified atom stereocenters. The Balaban J connectivity index is 1.64. The first-order chi connectivity index (χ1) is 12.2. The highest BCUT2D eigenvalue weighted by atomic mass is 32.2. The maximum Gasteiger partial charge on any atom is 0.243 e. The van der Waals surface area contributed by atoms with E-state index >= 15 is 0 Å². The van der Waals surface area contributed by atoms with Crippen LogP contribution in [0.4, 0.5) is 5.69 Å². The Morgan fingerprint density at radius 3 is 2.38 bits per heavy atom. The summed E-state index contributed by atoms with van der Waals surface area (Å²) in [6.45, 7) is 4.08. The van der Waals surface area contributed by atoms with Gasteiger partial charge in [-0.25, -0.2) is 8.42 Å². The second-order valence-electron chi connectivity index (χ2n) is 7.31. The summed E-state index contributed by atoms with van der Waals surface area (Å²) in [6, 6.07) is 6.31. The lowest BCUT2D eigenvalue weighted by atomic mass is 10.1. The maximum absolute atomic E-state index is 12.5. The molecule has 1 atom stereocenters. The Morgan fingerprint density at radius 1 is 1.23 bits per heavy atom. The predicted octanol–water partition coefficient (Wildman–Crippen LogP) is 1.66. The van der Waals surface area contributed by atoms with Crippen molar-refractivity contribution in [2.45, 2.75) is 50.1 Å². The van der Waals surface area contributed by atoms with Crippen LogP contribution in [0.1, 0.15) is 33.1 Å². The molecule has 1 saturated heterocycles. The molecule has 142 valence electrons. The number of rotatable bonds is 6. The highest BCUT2D eigenvalue weighted by molar-refractivity contribution is 7.89. The van der Waals surface area contributed by atoms with E-state index in [4.69, 9.17) is 0 Å². The van der Waals surface area contributed by atoms with Gasteiger partial charge in [0, 0.05) is 37.8 Å². The van der Waals surface area contributed by atoms with Crippen molar-refractivity contribution in [2.24, 2.45) is 5.92 Å². The second-order valence-corrected chi connectivity index (χ2v) is 9.30. The van der Waals surface area contributed by atoms with Crippen molar-refractivity contribution < 1.29 is 18.0 Å². The minimum atomic E-state index is -3.55. The van der Waals surface area contributed by atoms with Crippen LogP contribution in [0, 0.1) is 5.92 Å². The monoisotopic (exact) mass is 379 g/mol. The van der Waals surface area contributed by atoms with Gasteiger partial charge in [-0.15, -0.1) is 0 Å². The number of carbonyl (C=O) groups excluding carboxylic acids is 2. The molecule has 1 heterocycles. The van der Waals surface area contributed by atoms with Crippen LogP contribution in [0.2, 0.25) is 0 Å². The summed E-state index contributed by atoms with van der Waals surface area (Å²) < 4.78 is 26.2. The molecule has 0 aromatic heterocycles. The van der Waals surface area contributed by atoms with Crippen molar-refractivity contribution in [1.29, 1.82) is 0 Å². The van der Waals surface area contributed by atoms with Crippen molar-refractivity contribution in [3.63, 3.8) is 0 Å². The second kappa shape index (κ2) is 7.00. The van der Waals surface area contributed by atoms with Crippen LogP contribution in [0.25, 0.3) is 0 Å². The van der Waals surface area contributed by atoms with E-state index in [1.54, 1.807) is 33.0 Å². The van der Waals surface area contributed by atoms with E-state index in [9.17, 15) is 18.0 Å². The van der Waals surface area contributed by atoms with E-state index in [0.29, 0.717) is 18.3 Å². The molecule has 1 aromatic carbocycles. The molecule has 8 heteroatoms. The zero-order valence-corrected chi connectivity index (χ0v) is 16.1. The van der Waals surface area contributed by atoms with Gasteiger partial charge in [-0.3, -0.25) is 9.59 Å². The Morgan fingerprint density at radius 2 is 1.85 bits per heavy atom. The number of carbonyl (C=O) groups is 2. The van der Waals surface area contributed by atoms with Crippen LogP contribution in [0.15, 0.2) is 29.2 Å². The predicted molar refractivity (Wildman–Crippen MR) is 98.0 cm³/mol. The molecule has 2 amide bonds. The van der Waals surface area contributed by atoms with Crippen molar-refractivity contribution in [2.75, 3.05) is 18.9 Å². The average Bonchev–Trinajstić information content (AvgIpc) is 3.36. The molecule has 1 aromatic rings. The molecule has 26 heavy (non-hydrogen) atoms. The molecule has 1 aliphatic carbocycles. The van der Waals surface area contributed by atoms with E-state index < -0.39 is 10.0 Å². The maximum atomic E-state index is 12.5. The van der Waals surface area contributed by atoms with Gasteiger partial charge in [0.25, 0.3) is 0 Å². The van der Waals surface area contributed by atoms with Crippen LogP contribution < -0.4 is 5.32 Å². The lowest BCUT2D eigenvalue weighted by Crippen LogP contribution is -2.33. The quantitative estimate of drug-likeness (QED) is 0.814. The smallest absolute Gasteiger partial charge is 0.243 e. The Kier molecular flexibility index (Phi) is 5.07. The first-order valence-electron chi connectivity index (χ1n) is 8.88. The molecule has 7 nitrogen and oxygen atoms in total. The lowest BCUT2D eigenvalue weighted by Gasteiger charge is -2.21. The zero-order valence-electron chi connectivity index (χ0n) is 15.3. The minimum absolute atomic E-state index is 0.0470. The largest absolute Gasteiger partial charge is 0.339 e. The highest BCUT2D eigenvalue weighted by Crippen LogP contribution is 2.33. The molecule has 1 N–H and O–H groups in total. The van der Waals surface area contributed by atoms with Crippen molar-refractivity contribution in [3.8, 4) is 0 Å². The van der Waals surface area contributed by atoms with Crippen LogP contribution in [-0.2, 0) is 19.6 Å². The van der Waals surface area contributed by atoms with Gasteiger partial charge >= 0.3 is 0 Å². The van der Waals surface area contributed by atoms with Crippen molar-refractivity contribution >= 4 is 27.5 Å². The summed E-state index contributed by atoms with van der Waals surface area (Å²) in [5, 5.41) is 2.79. The number of sulfonamides is 1. The molecule has 0 spiro atoms. The summed E-state index contributed by atoms with van der Waals surface area (Å²) in [5.74, 6) is -0.499. The lowest BCUT2D eigenvalue weighted by molar-refractivity contribution is -0.128. The third kappa shape index (κ3) is 3.76. The molecule has 2 aliphatic rings. The van der Waals surface area contributed by atoms with Crippen molar-refractivity contribution in [1.82, 2.24) is 9.21 Å². The summed E-state index contributed by atoms with van der Waals surface area (Å²) in [6.07, 6.45) is 2.30. The Bertz CT molecular complexity index is 800. The molecular formula is C18H25N3O4S. The van der Waals surface area contributed by atoms with Crippen LogP contribution in [0.5, 0.6) is 0 Å². The third-order valence-electron chi connectivity index (χ3n) is 5.04. The van der Waals surface area contributed by atoms with Gasteiger partial charge in [0.15, 0.2) is 0 Å². The standard InChI is InChI=1S/C18H25N3O4S/c1-12(2)20(3)26(24,25)16-8-4-14(5-9-16)19-18(23)13-10-17(22)21(11-13)15-6-7-15/h4-5,8-9,12-13,15H,6-7,10-11H2,1-3H3,(H,19,23)/t13-/m1/s1. The van der Waals surface area contributed by atoms with E-state index in [0.717, 1.165) is 12.8 Å². The molecule has 2 fully saturated rings. The third-order valence-corrected chi connectivity index (χ3v) is 7.09. The van der Waals surface area contributed by atoms with Gasteiger partial charge in [0.2, 0.25) is 21.8 Å². The minimum Gasteiger partial charge on any atom is -0.339 e. The number of anilines is 1. The van der Waals surface area contributed by atoms with Gasteiger partial charge in [0.05, 0.1) is 10.8 Å². The van der Waals surface area contributed by atoms with Gasteiger partial charge in [-0.1, -0.05) is 0 Å². The highest BCUT2D eigenvalue weighted by Gasteiger charge is 2.41. The normalized spacial score (nSPS) is 20.9. The topological polar surface area (TPSA) is 86.8 Å². The van der Waals surface area contributed by atoms with E-state index in [2.05, 4.69) is 5.32 Å². The van der Waals surface area contributed by atoms with E-state index in [1.807, 2.05) is 4.90 Å². The first-order valence-corrected chi connectivity index (χ1v) is 10.3. The van der Waals surface area contributed by atoms with Crippen LogP contribution in [0.3, 0.4) is 0 Å². The summed E-state index contributed by atoms with van der Waals surface area (Å²) in [4.78, 5) is 26.4. The molecular weight excluding hydrogens is 354 g/mol. The number of hydrogen-bond donors (Lipinski definition) is 1. The SMILES string of the molecule is CC(C)N(C)S(=O)(=O)c1ccc(NC(=O)[C@@H]2CC(=O)N(C3CC3)C2)cc1. The fourth-order valence-corrected chi connectivity index (χ4v) is 4.41. The van der Waals surface area contributed by atoms with Crippen LogP contribution in [-0.4, -0.2) is 55.1 Å². The van der Waals surface area contributed by atoms with Gasteiger partial charge in [-0.05, 0) is 51.0 Å². The molecule has 1 saturated carbocycles. The zero-order chi connectivity index (χ0) is 19.1. The first kappa shape index (κ1) is 18.8. The van der Waals surface area contributed by atoms with Gasteiger partial charge in [-0.2, -0.15) is 4.31 Å². The molecule has 0 bridgehead atoms. The van der Waals surface area contributed by atoms with Gasteiger partial charge < -0.3 is 10.2 Å². The summed E-state index contributed by atoms with van der Waals surface area (Å²) >= 11 is 0. The number of nitrogens with zero attached hydrogens (tertiary/aromatic N) is 2. The fourth-order valence-electron chi connectivity index (χ4n) is 3.04. The number of benzene rings is 1. The Hall–Kier alpha value is -1.93.